The van der Waals surface area contributed by atoms with E-state index in [-0.39, 0.29) is 5.82 Å². The average molecular weight is 206 g/mol. The summed E-state index contributed by atoms with van der Waals surface area (Å²) in [4.78, 5) is 22.1. The van der Waals surface area contributed by atoms with Crippen molar-refractivity contribution < 1.29 is 9.53 Å². The molecule has 2 aromatic rings. The lowest BCUT2D eigenvalue weighted by atomic mass is 10.2. The largest absolute Gasteiger partial charge is 0.462 e. The normalized spacial score (nSPS) is 10.5. The van der Waals surface area contributed by atoms with Crippen molar-refractivity contribution >= 4 is 22.8 Å². The third kappa shape index (κ3) is 1.50. The zero-order valence-corrected chi connectivity index (χ0v) is 8.15. The molecule has 78 valence electrons. The van der Waals surface area contributed by atoms with E-state index in [2.05, 4.69) is 15.0 Å². The SMILES string of the molecule is CCOC(=O)c1c[nH]c2ncnc(N)c12. The number of esters is 1. The first-order valence-electron chi connectivity index (χ1n) is 4.48. The predicted octanol–water partition coefficient (Wildman–Crippen LogP) is 0.717. The number of rotatable bonds is 2. The second kappa shape index (κ2) is 3.56. The molecule has 0 bridgehead atoms. The summed E-state index contributed by atoms with van der Waals surface area (Å²) < 4.78 is 4.88. The van der Waals surface area contributed by atoms with Crippen LogP contribution in [0.2, 0.25) is 0 Å². The van der Waals surface area contributed by atoms with Crippen molar-refractivity contribution in [2.45, 2.75) is 6.92 Å². The molecule has 2 heterocycles. The van der Waals surface area contributed by atoms with Crippen molar-refractivity contribution in [2.24, 2.45) is 0 Å². The van der Waals surface area contributed by atoms with Crippen LogP contribution in [0, 0.1) is 0 Å². The van der Waals surface area contributed by atoms with Crippen molar-refractivity contribution in [3.8, 4) is 0 Å². The molecule has 0 amide bonds. The monoisotopic (exact) mass is 206 g/mol. The van der Waals surface area contributed by atoms with Crippen molar-refractivity contribution in [3.63, 3.8) is 0 Å². The second-order valence-electron chi connectivity index (χ2n) is 2.91. The molecule has 0 spiro atoms. The summed E-state index contributed by atoms with van der Waals surface area (Å²) in [5.41, 5.74) is 6.56. The molecule has 2 aromatic heterocycles. The zero-order valence-electron chi connectivity index (χ0n) is 8.15. The number of H-pyrrole nitrogens is 1. The lowest BCUT2D eigenvalue weighted by Crippen LogP contribution is -2.05. The number of nitrogens with zero attached hydrogens (tertiary/aromatic N) is 2. The Morgan fingerprint density at radius 3 is 3.13 bits per heavy atom. The number of ether oxygens (including phenoxy) is 1. The third-order valence-corrected chi connectivity index (χ3v) is 1.99. The van der Waals surface area contributed by atoms with Crippen molar-refractivity contribution in [3.05, 3.63) is 18.1 Å². The van der Waals surface area contributed by atoms with Crippen LogP contribution in [0.4, 0.5) is 5.82 Å². The number of anilines is 1. The maximum absolute atomic E-state index is 11.5. The smallest absolute Gasteiger partial charge is 0.340 e. The van der Waals surface area contributed by atoms with Crippen LogP contribution in [-0.2, 0) is 4.74 Å². The molecule has 0 unspecified atom stereocenters. The summed E-state index contributed by atoms with van der Waals surface area (Å²) in [6, 6.07) is 0. The minimum atomic E-state index is -0.426. The summed E-state index contributed by atoms with van der Waals surface area (Å²) in [7, 11) is 0. The molecule has 0 radical (unpaired) electrons. The van der Waals surface area contributed by atoms with Gasteiger partial charge >= 0.3 is 5.97 Å². The van der Waals surface area contributed by atoms with E-state index in [9.17, 15) is 4.79 Å². The van der Waals surface area contributed by atoms with Gasteiger partial charge in [-0.2, -0.15) is 0 Å². The van der Waals surface area contributed by atoms with Crippen LogP contribution in [0.15, 0.2) is 12.5 Å². The first-order chi connectivity index (χ1) is 7.24. The number of hydrogen-bond acceptors (Lipinski definition) is 5. The Kier molecular flexibility index (Phi) is 2.24. The number of carbonyl (C=O) groups excluding carboxylic acids is 1. The van der Waals surface area contributed by atoms with Crippen molar-refractivity contribution in [2.75, 3.05) is 12.3 Å². The van der Waals surface area contributed by atoms with Crippen LogP contribution >= 0.6 is 0 Å². The van der Waals surface area contributed by atoms with Gasteiger partial charge < -0.3 is 15.5 Å². The standard InChI is InChI=1S/C9H10N4O2/c1-2-15-9(14)5-3-11-8-6(5)7(10)12-4-13-8/h3-4H,2H2,1H3,(H3,10,11,12,13). The van der Waals surface area contributed by atoms with Gasteiger partial charge in [0.15, 0.2) is 0 Å². The molecule has 0 aliphatic heterocycles. The van der Waals surface area contributed by atoms with Crippen LogP contribution < -0.4 is 5.73 Å². The highest BCUT2D eigenvalue weighted by Gasteiger charge is 2.16. The van der Waals surface area contributed by atoms with E-state index < -0.39 is 5.97 Å². The van der Waals surface area contributed by atoms with Gasteiger partial charge in [-0.3, -0.25) is 0 Å². The highest BCUT2D eigenvalue weighted by atomic mass is 16.5. The van der Waals surface area contributed by atoms with Crippen LogP contribution in [0.3, 0.4) is 0 Å². The quantitative estimate of drug-likeness (QED) is 0.706. The lowest BCUT2D eigenvalue weighted by molar-refractivity contribution is 0.0529. The number of fused-ring (bicyclic) bond motifs is 1. The molecule has 0 fully saturated rings. The number of hydrogen-bond donors (Lipinski definition) is 2. The average Bonchev–Trinajstić information content (AvgIpc) is 2.63. The number of aromatic amines is 1. The Morgan fingerprint density at radius 2 is 2.40 bits per heavy atom. The molecule has 0 aliphatic rings. The highest BCUT2D eigenvalue weighted by molar-refractivity contribution is 6.06. The van der Waals surface area contributed by atoms with Crippen LogP contribution in [-0.4, -0.2) is 27.5 Å². The summed E-state index contributed by atoms with van der Waals surface area (Å²) in [6.45, 7) is 2.06. The fourth-order valence-corrected chi connectivity index (χ4v) is 1.36. The molecule has 15 heavy (non-hydrogen) atoms. The highest BCUT2D eigenvalue weighted by Crippen LogP contribution is 2.21. The van der Waals surface area contributed by atoms with Gasteiger partial charge in [0.05, 0.1) is 17.6 Å². The Bertz CT molecular complexity index is 506. The predicted molar refractivity (Wildman–Crippen MR) is 54.3 cm³/mol. The minimum absolute atomic E-state index is 0.268. The Hall–Kier alpha value is -2.11. The molecule has 0 saturated heterocycles. The van der Waals surface area contributed by atoms with E-state index in [0.717, 1.165) is 0 Å². The van der Waals surface area contributed by atoms with E-state index in [1.54, 1.807) is 6.92 Å². The molecule has 0 aromatic carbocycles. The fraction of sp³-hybridized carbons (Fsp3) is 0.222. The van der Waals surface area contributed by atoms with Crippen LogP contribution in [0.1, 0.15) is 17.3 Å². The molecule has 6 heteroatoms. The van der Waals surface area contributed by atoms with E-state index in [1.165, 1.54) is 12.5 Å². The van der Waals surface area contributed by atoms with Gasteiger partial charge in [0, 0.05) is 6.20 Å². The Morgan fingerprint density at radius 1 is 1.60 bits per heavy atom. The fourth-order valence-electron chi connectivity index (χ4n) is 1.36. The lowest BCUT2D eigenvalue weighted by Gasteiger charge is -2.00. The minimum Gasteiger partial charge on any atom is -0.462 e. The van der Waals surface area contributed by atoms with Gasteiger partial charge in [0.25, 0.3) is 0 Å². The Labute approximate surface area is 85.5 Å². The van der Waals surface area contributed by atoms with Crippen molar-refractivity contribution in [1.29, 1.82) is 0 Å². The molecule has 0 saturated carbocycles. The number of nitrogen functional groups attached to an aromatic ring is 1. The molecule has 6 nitrogen and oxygen atoms in total. The van der Waals surface area contributed by atoms with Crippen LogP contribution in [0.25, 0.3) is 11.0 Å². The van der Waals surface area contributed by atoms with E-state index in [4.69, 9.17) is 10.5 Å². The van der Waals surface area contributed by atoms with Gasteiger partial charge in [-0.25, -0.2) is 14.8 Å². The van der Waals surface area contributed by atoms with E-state index in [0.29, 0.717) is 23.2 Å². The van der Waals surface area contributed by atoms with E-state index in [1.807, 2.05) is 0 Å². The van der Waals surface area contributed by atoms with Gasteiger partial charge in [-0.15, -0.1) is 0 Å². The summed E-state index contributed by atoms with van der Waals surface area (Å²) in [5, 5.41) is 0.510. The Balaban J connectivity index is 2.57. The molecule has 0 atom stereocenters. The number of aromatic nitrogens is 3. The maximum atomic E-state index is 11.5. The molecule has 2 rings (SSSR count). The summed E-state index contributed by atoms with van der Waals surface area (Å²) >= 11 is 0. The molecule has 3 N–H and O–H groups in total. The van der Waals surface area contributed by atoms with Crippen LogP contribution in [0.5, 0.6) is 0 Å². The van der Waals surface area contributed by atoms with Gasteiger partial charge in [0.2, 0.25) is 0 Å². The first kappa shape index (κ1) is 9.45. The topological polar surface area (TPSA) is 93.9 Å². The van der Waals surface area contributed by atoms with E-state index >= 15 is 0 Å². The van der Waals surface area contributed by atoms with Gasteiger partial charge in [-0.1, -0.05) is 0 Å². The zero-order chi connectivity index (χ0) is 10.8. The molecular formula is C9H10N4O2. The number of nitrogens with one attached hydrogen (secondary N) is 1. The van der Waals surface area contributed by atoms with Gasteiger partial charge in [-0.05, 0) is 6.92 Å². The first-order valence-corrected chi connectivity index (χ1v) is 4.48. The van der Waals surface area contributed by atoms with Gasteiger partial charge in [0.1, 0.15) is 17.8 Å². The second-order valence-corrected chi connectivity index (χ2v) is 2.91. The maximum Gasteiger partial charge on any atom is 0.340 e. The molecular weight excluding hydrogens is 196 g/mol. The van der Waals surface area contributed by atoms with Crippen molar-refractivity contribution in [1.82, 2.24) is 15.0 Å². The number of carbonyl (C=O) groups is 1. The molecule has 0 aliphatic carbocycles. The third-order valence-electron chi connectivity index (χ3n) is 1.99. The summed E-state index contributed by atoms with van der Waals surface area (Å²) in [5.74, 6) is -0.158. The summed E-state index contributed by atoms with van der Waals surface area (Å²) in [6.07, 6.45) is 2.86. The number of nitrogens with two attached hydrogens (primary N) is 1.